The van der Waals surface area contributed by atoms with Gasteiger partial charge < -0.3 is 5.11 Å². The molecule has 5 nitrogen and oxygen atoms in total. The maximum Gasteiger partial charge on any atom is 0.355 e. The minimum atomic E-state index is -1.23. The Hall–Kier alpha value is -2.56. The molecule has 1 heterocycles. The molecule has 0 fully saturated rings. The van der Waals surface area contributed by atoms with Crippen molar-refractivity contribution in [2.45, 2.75) is 20.8 Å². The molecule has 0 aliphatic carbocycles. The van der Waals surface area contributed by atoms with Crippen molar-refractivity contribution in [3.63, 3.8) is 0 Å². The Kier molecular flexibility index (Phi) is 3.84. The van der Waals surface area contributed by atoms with Gasteiger partial charge in [-0.15, -0.1) is 0 Å². The molecule has 1 aromatic heterocycles. The predicted octanol–water partition coefficient (Wildman–Crippen LogP) is 3.07. The van der Waals surface area contributed by atoms with E-state index in [4.69, 9.17) is 0 Å². The van der Waals surface area contributed by atoms with Crippen LogP contribution < -0.4 is 0 Å². The summed E-state index contributed by atoms with van der Waals surface area (Å²) < 4.78 is 0. The maximum atomic E-state index is 12.3. The van der Waals surface area contributed by atoms with E-state index in [0.29, 0.717) is 11.4 Å². The SMILES string of the molecule is CC(C)(C)C(=O)c1cnc(-c2ccccc2)nc1C(=O)O. The van der Waals surface area contributed by atoms with Crippen molar-refractivity contribution in [3.05, 3.63) is 47.8 Å². The van der Waals surface area contributed by atoms with Gasteiger partial charge in [-0.1, -0.05) is 51.1 Å². The predicted molar refractivity (Wildman–Crippen MR) is 78.2 cm³/mol. The monoisotopic (exact) mass is 284 g/mol. The standard InChI is InChI=1S/C16H16N2O3/c1-16(2,3)13(19)11-9-17-14(18-12(11)15(20)21)10-7-5-4-6-8-10/h4-9H,1-3H3,(H,20,21). The number of hydrogen-bond donors (Lipinski definition) is 1. The maximum absolute atomic E-state index is 12.3. The third kappa shape index (κ3) is 3.13. The summed E-state index contributed by atoms with van der Waals surface area (Å²) in [5.41, 5.74) is -0.213. The molecule has 0 radical (unpaired) electrons. The van der Waals surface area contributed by atoms with Crippen LogP contribution in [0.4, 0.5) is 0 Å². The summed E-state index contributed by atoms with van der Waals surface area (Å²) in [5.74, 6) is -1.24. The molecule has 0 bridgehead atoms. The Bertz CT molecular complexity index is 688. The van der Waals surface area contributed by atoms with E-state index in [1.54, 1.807) is 32.9 Å². The van der Waals surface area contributed by atoms with Crippen molar-refractivity contribution in [1.82, 2.24) is 9.97 Å². The number of aromatic carboxylic acids is 1. The Morgan fingerprint density at radius 3 is 2.24 bits per heavy atom. The largest absolute Gasteiger partial charge is 0.476 e. The molecule has 1 aromatic carbocycles. The summed E-state index contributed by atoms with van der Waals surface area (Å²) in [6, 6.07) is 9.04. The first-order chi connectivity index (χ1) is 9.80. The highest BCUT2D eigenvalue weighted by atomic mass is 16.4. The van der Waals surface area contributed by atoms with Crippen LogP contribution in [0, 0.1) is 5.41 Å². The summed E-state index contributed by atoms with van der Waals surface area (Å²) in [4.78, 5) is 31.9. The lowest BCUT2D eigenvalue weighted by molar-refractivity contribution is 0.0680. The fraction of sp³-hybridized carbons (Fsp3) is 0.250. The second kappa shape index (κ2) is 5.44. The second-order valence-electron chi connectivity index (χ2n) is 5.71. The Balaban J connectivity index is 2.56. The molecular formula is C16H16N2O3. The Labute approximate surface area is 122 Å². The van der Waals surface area contributed by atoms with Gasteiger partial charge in [-0.25, -0.2) is 14.8 Å². The number of carboxylic acids is 1. The van der Waals surface area contributed by atoms with Crippen LogP contribution in [0.5, 0.6) is 0 Å². The molecule has 0 amide bonds. The summed E-state index contributed by atoms with van der Waals surface area (Å²) in [6.07, 6.45) is 1.30. The summed E-state index contributed by atoms with van der Waals surface area (Å²) >= 11 is 0. The van der Waals surface area contributed by atoms with E-state index in [2.05, 4.69) is 9.97 Å². The van der Waals surface area contributed by atoms with Gasteiger partial charge in [0.2, 0.25) is 0 Å². The number of Topliss-reactive ketones (excluding diaryl/α,β-unsaturated/α-hetero) is 1. The van der Waals surface area contributed by atoms with Crippen molar-refractivity contribution in [2.75, 3.05) is 0 Å². The first kappa shape index (κ1) is 14.8. The highest BCUT2D eigenvalue weighted by Crippen LogP contribution is 2.24. The molecular weight excluding hydrogens is 268 g/mol. The van der Waals surface area contributed by atoms with Crippen molar-refractivity contribution in [1.29, 1.82) is 0 Å². The van der Waals surface area contributed by atoms with Crippen molar-refractivity contribution in [3.8, 4) is 11.4 Å². The van der Waals surface area contributed by atoms with Gasteiger partial charge in [-0.3, -0.25) is 4.79 Å². The molecule has 108 valence electrons. The lowest BCUT2D eigenvalue weighted by atomic mass is 9.86. The zero-order chi connectivity index (χ0) is 15.6. The highest BCUT2D eigenvalue weighted by Gasteiger charge is 2.28. The van der Waals surface area contributed by atoms with Gasteiger partial charge in [-0.2, -0.15) is 0 Å². The number of carbonyl (C=O) groups excluding carboxylic acids is 1. The van der Waals surface area contributed by atoms with Crippen LogP contribution in [-0.4, -0.2) is 26.8 Å². The molecule has 0 spiro atoms. The average Bonchev–Trinajstić information content (AvgIpc) is 2.45. The number of carbonyl (C=O) groups is 2. The minimum absolute atomic E-state index is 0.0367. The molecule has 0 unspecified atom stereocenters. The van der Waals surface area contributed by atoms with Crippen LogP contribution in [0.3, 0.4) is 0 Å². The van der Waals surface area contributed by atoms with Crippen LogP contribution in [0.2, 0.25) is 0 Å². The van der Waals surface area contributed by atoms with E-state index in [-0.39, 0.29) is 17.0 Å². The topological polar surface area (TPSA) is 80.2 Å². The fourth-order valence-electron chi connectivity index (χ4n) is 1.84. The Morgan fingerprint density at radius 2 is 1.71 bits per heavy atom. The molecule has 0 aliphatic heterocycles. The first-order valence-electron chi connectivity index (χ1n) is 6.51. The molecule has 2 aromatic rings. The molecule has 0 saturated heterocycles. The third-order valence-corrected chi connectivity index (χ3v) is 2.95. The molecule has 0 atom stereocenters. The number of ketones is 1. The smallest absolute Gasteiger partial charge is 0.355 e. The van der Waals surface area contributed by atoms with Crippen LogP contribution in [-0.2, 0) is 0 Å². The number of rotatable bonds is 3. The first-order valence-corrected chi connectivity index (χ1v) is 6.51. The summed E-state index contributed by atoms with van der Waals surface area (Å²) in [6.45, 7) is 5.18. The highest BCUT2D eigenvalue weighted by molar-refractivity contribution is 6.06. The van der Waals surface area contributed by atoms with Crippen molar-refractivity contribution >= 4 is 11.8 Å². The van der Waals surface area contributed by atoms with Crippen LogP contribution in [0.1, 0.15) is 41.6 Å². The van der Waals surface area contributed by atoms with E-state index in [1.807, 2.05) is 18.2 Å². The molecule has 21 heavy (non-hydrogen) atoms. The summed E-state index contributed by atoms with van der Waals surface area (Å²) in [5, 5.41) is 9.31. The lowest BCUT2D eigenvalue weighted by Gasteiger charge is -2.17. The van der Waals surface area contributed by atoms with Gasteiger partial charge in [0.05, 0.1) is 5.56 Å². The average molecular weight is 284 g/mol. The normalized spacial score (nSPS) is 11.2. The molecule has 5 heteroatoms. The van der Waals surface area contributed by atoms with Gasteiger partial charge in [-0.05, 0) is 0 Å². The number of benzene rings is 1. The zero-order valence-corrected chi connectivity index (χ0v) is 12.1. The van der Waals surface area contributed by atoms with Crippen LogP contribution in [0.25, 0.3) is 11.4 Å². The lowest BCUT2D eigenvalue weighted by Crippen LogP contribution is -2.24. The van der Waals surface area contributed by atoms with Crippen LogP contribution in [0.15, 0.2) is 36.5 Å². The van der Waals surface area contributed by atoms with Gasteiger partial charge in [0.1, 0.15) is 0 Å². The summed E-state index contributed by atoms with van der Waals surface area (Å²) in [7, 11) is 0. The quantitative estimate of drug-likeness (QED) is 0.876. The van der Waals surface area contributed by atoms with E-state index >= 15 is 0 Å². The number of carboxylic acid groups (broad SMARTS) is 1. The van der Waals surface area contributed by atoms with Gasteiger partial charge in [0, 0.05) is 17.2 Å². The zero-order valence-electron chi connectivity index (χ0n) is 12.1. The molecule has 0 saturated carbocycles. The molecule has 2 rings (SSSR count). The van der Waals surface area contributed by atoms with E-state index in [9.17, 15) is 14.7 Å². The molecule has 0 aliphatic rings. The minimum Gasteiger partial charge on any atom is -0.476 e. The number of hydrogen-bond acceptors (Lipinski definition) is 4. The second-order valence-corrected chi connectivity index (χ2v) is 5.71. The fourth-order valence-corrected chi connectivity index (χ4v) is 1.84. The molecule has 1 N–H and O–H groups in total. The van der Waals surface area contributed by atoms with Gasteiger partial charge in [0.25, 0.3) is 0 Å². The Morgan fingerprint density at radius 1 is 1.10 bits per heavy atom. The van der Waals surface area contributed by atoms with E-state index < -0.39 is 11.4 Å². The third-order valence-electron chi connectivity index (χ3n) is 2.95. The van der Waals surface area contributed by atoms with E-state index in [1.165, 1.54) is 6.20 Å². The van der Waals surface area contributed by atoms with Crippen molar-refractivity contribution in [2.24, 2.45) is 5.41 Å². The van der Waals surface area contributed by atoms with Gasteiger partial charge in [0.15, 0.2) is 17.3 Å². The van der Waals surface area contributed by atoms with Gasteiger partial charge >= 0.3 is 5.97 Å². The van der Waals surface area contributed by atoms with Crippen LogP contribution >= 0.6 is 0 Å². The number of aromatic nitrogens is 2. The van der Waals surface area contributed by atoms with E-state index in [0.717, 1.165) is 0 Å². The van der Waals surface area contributed by atoms with Crippen molar-refractivity contribution < 1.29 is 14.7 Å². The number of nitrogens with zero attached hydrogens (tertiary/aromatic N) is 2.